The zero-order valence-corrected chi connectivity index (χ0v) is 11.3. The SMILES string of the molecule is CCCNC(=O)NS(=O)(=O)c1ccc(N)cc1Cl. The molecular formula is C10H14ClN3O3S. The van der Waals surface area contributed by atoms with Crippen LogP contribution in [0.2, 0.25) is 5.02 Å². The summed E-state index contributed by atoms with van der Waals surface area (Å²) in [5, 5.41) is 2.36. The summed E-state index contributed by atoms with van der Waals surface area (Å²) in [5.41, 5.74) is 5.80. The van der Waals surface area contributed by atoms with Gasteiger partial charge in [-0.25, -0.2) is 17.9 Å². The van der Waals surface area contributed by atoms with E-state index >= 15 is 0 Å². The third-order valence-corrected chi connectivity index (χ3v) is 3.82. The van der Waals surface area contributed by atoms with Crippen molar-refractivity contribution in [2.45, 2.75) is 18.2 Å². The summed E-state index contributed by atoms with van der Waals surface area (Å²) in [6.45, 7) is 2.24. The Morgan fingerprint density at radius 2 is 2.11 bits per heavy atom. The molecule has 1 aromatic rings. The van der Waals surface area contributed by atoms with Crippen molar-refractivity contribution in [3.63, 3.8) is 0 Å². The first kappa shape index (κ1) is 14.6. The molecule has 0 bridgehead atoms. The summed E-state index contributed by atoms with van der Waals surface area (Å²) in [5.74, 6) is 0. The van der Waals surface area contributed by atoms with E-state index in [1.54, 1.807) is 0 Å². The molecule has 6 nitrogen and oxygen atoms in total. The minimum atomic E-state index is -3.99. The lowest BCUT2D eigenvalue weighted by molar-refractivity contribution is 0.246. The van der Waals surface area contributed by atoms with Crippen molar-refractivity contribution in [3.8, 4) is 0 Å². The van der Waals surface area contributed by atoms with Crippen LogP contribution in [-0.4, -0.2) is 21.0 Å². The maximum atomic E-state index is 11.8. The van der Waals surface area contributed by atoms with Gasteiger partial charge in [0.25, 0.3) is 10.0 Å². The van der Waals surface area contributed by atoms with Gasteiger partial charge in [-0.2, -0.15) is 0 Å². The predicted molar refractivity (Wildman–Crippen MR) is 69.9 cm³/mol. The number of anilines is 1. The molecule has 0 heterocycles. The highest BCUT2D eigenvalue weighted by atomic mass is 35.5. The molecular weight excluding hydrogens is 278 g/mol. The zero-order chi connectivity index (χ0) is 13.8. The monoisotopic (exact) mass is 291 g/mol. The van der Waals surface area contributed by atoms with Crippen molar-refractivity contribution in [3.05, 3.63) is 23.2 Å². The summed E-state index contributed by atoms with van der Waals surface area (Å²) in [4.78, 5) is 11.1. The summed E-state index contributed by atoms with van der Waals surface area (Å²) in [6.07, 6.45) is 0.704. The van der Waals surface area contributed by atoms with Crippen LogP contribution in [0.15, 0.2) is 23.1 Å². The fourth-order valence-corrected chi connectivity index (χ4v) is 2.67. The van der Waals surface area contributed by atoms with Gasteiger partial charge in [-0.15, -0.1) is 0 Å². The number of urea groups is 1. The van der Waals surface area contributed by atoms with Crippen molar-refractivity contribution in [1.82, 2.24) is 10.0 Å². The molecule has 0 aliphatic carbocycles. The molecule has 100 valence electrons. The first-order chi connectivity index (χ1) is 8.36. The summed E-state index contributed by atoms with van der Waals surface area (Å²) in [7, 11) is -3.99. The van der Waals surface area contributed by atoms with Gasteiger partial charge in [0.2, 0.25) is 0 Å². The zero-order valence-electron chi connectivity index (χ0n) is 9.73. The highest BCUT2D eigenvalue weighted by Crippen LogP contribution is 2.23. The molecule has 4 N–H and O–H groups in total. The second kappa shape index (κ2) is 5.92. The van der Waals surface area contributed by atoms with E-state index in [1.165, 1.54) is 18.2 Å². The third kappa shape index (κ3) is 3.78. The Bertz CT molecular complexity index is 545. The van der Waals surface area contributed by atoms with Crippen LogP contribution in [0.25, 0.3) is 0 Å². The fraction of sp³-hybridized carbons (Fsp3) is 0.300. The molecule has 0 unspecified atom stereocenters. The van der Waals surface area contributed by atoms with Crippen LogP contribution in [0.1, 0.15) is 13.3 Å². The van der Waals surface area contributed by atoms with Crippen LogP contribution in [0, 0.1) is 0 Å². The Labute approximate surface area is 111 Å². The quantitative estimate of drug-likeness (QED) is 0.728. The van der Waals surface area contributed by atoms with Crippen LogP contribution in [0.5, 0.6) is 0 Å². The Kier molecular flexibility index (Phi) is 4.80. The number of hydrogen-bond acceptors (Lipinski definition) is 4. The van der Waals surface area contributed by atoms with E-state index in [1.807, 2.05) is 11.6 Å². The number of hydrogen-bond donors (Lipinski definition) is 3. The highest BCUT2D eigenvalue weighted by molar-refractivity contribution is 7.90. The molecule has 0 spiro atoms. The summed E-state index contributed by atoms with van der Waals surface area (Å²) >= 11 is 5.77. The molecule has 0 saturated heterocycles. The lowest BCUT2D eigenvalue weighted by Gasteiger charge is -2.09. The molecule has 0 atom stereocenters. The van der Waals surface area contributed by atoms with E-state index in [4.69, 9.17) is 17.3 Å². The van der Waals surface area contributed by atoms with Gasteiger partial charge in [0.05, 0.1) is 5.02 Å². The van der Waals surface area contributed by atoms with Gasteiger partial charge >= 0.3 is 6.03 Å². The topological polar surface area (TPSA) is 101 Å². The Hall–Kier alpha value is -1.47. The number of nitrogen functional groups attached to an aromatic ring is 1. The van der Waals surface area contributed by atoms with E-state index in [0.717, 1.165) is 0 Å². The molecule has 0 aliphatic rings. The average molecular weight is 292 g/mol. The number of rotatable bonds is 4. The van der Waals surface area contributed by atoms with E-state index < -0.39 is 16.1 Å². The minimum Gasteiger partial charge on any atom is -0.399 e. The largest absolute Gasteiger partial charge is 0.399 e. The number of carbonyl (C=O) groups is 1. The highest BCUT2D eigenvalue weighted by Gasteiger charge is 2.20. The number of carbonyl (C=O) groups excluding carboxylic acids is 1. The molecule has 0 saturated carbocycles. The summed E-state index contributed by atoms with van der Waals surface area (Å²) in [6, 6.07) is 3.15. The maximum Gasteiger partial charge on any atom is 0.328 e. The van der Waals surface area contributed by atoms with Gasteiger partial charge in [0.15, 0.2) is 0 Å². The van der Waals surface area contributed by atoms with Gasteiger partial charge in [-0.1, -0.05) is 18.5 Å². The van der Waals surface area contributed by atoms with Gasteiger partial charge in [-0.05, 0) is 24.6 Å². The van der Waals surface area contributed by atoms with Crippen LogP contribution in [0.4, 0.5) is 10.5 Å². The number of benzene rings is 1. The second-order valence-corrected chi connectivity index (χ2v) is 5.61. The van der Waals surface area contributed by atoms with E-state index in [9.17, 15) is 13.2 Å². The lowest BCUT2D eigenvalue weighted by atomic mass is 10.3. The predicted octanol–water partition coefficient (Wildman–Crippen LogP) is 1.32. The molecule has 0 aliphatic heterocycles. The van der Waals surface area contributed by atoms with Gasteiger partial charge in [-0.3, -0.25) is 0 Å². The third-order valence-electron chi connectivity index (χ3n) is 2.01. The standard InChI is InChI=1S/C10H14ClN3O3S/c1-2-5-13-10(15)14-18(16,17)9-4-3-7(12)6-8(9)11/h3-4,6H,2,5,12H2,1H3,(H2,13,14,15). The van der Waals surface area contributed by atoms with Crippen LogP contribution in [0.3, 0.4) is 0 Å². The smallest absolute Gasteiger partial charge is 0.328 e. The number of sulfonamides is 1. The van der Waals surface area contributed by atoms with Gasteiger partial charge in [0.1, 0.15) is 4.90 Å². The van der Waals surface area contributed by atoms with Crippen molar-refractivity contribution in [2.24, 2.45) is 0 Å². The first-order valence-electron chi connectivity index (χ1n) is 5.22. The van der Waals surface area contributed by atoms with E-state index in [0.29, 0.717) is 18.7 Å². The Morgan fingerprint density at radius 3 is 2.67 bits per heavy atom. The van der Waals surface area contributed by atoms with Crippen molar-refractivity contribution >= 4 is 33.3 Å². The number of halogens is 1. The lowest BCUT2D eigenvalue weighted by Crippen LogP contribution is -2.39. The van der Waals surface area contributed by atoms with E-state index in [2.05, 4.69) is 5.32 Å². The first-order valence-corrected chi connectivity index (χ1v) is 7.08. The van der Waals surface area contributed by atoms with Crippen molar-refractivity contribution in [1.29, 1.82) is 0 Å². The number of nitrogens with two attached hydrogens (primary N) is 1. The summed E-state index contributed by atoms with van der Waals surface area (Å²) < 4.78 is 25.5. The molecule has 1 aromatic carbocycles. The minimum absolute atomic E-state index is 0.0363. The molecule has 1 rings (SSSR count). The Morgan fingerprint density at radius 1 is 1.44 bits per heavy atom. The average Bonchev–Trinajstić information content (AvgIpc) is 2.25. The fourth-order valence-electron chi connectivity index (χ4n) is 1.19. The van der Waals surface area contributed by atoms with Gasteiger partial charge < -0.3 is 11.1 Å². The molecule has 8 heteroatoms. The van der Waals surface area contributed by atoms with Crippen molar-refractivity contribution < 1.29 is 13.2 Å². The van der Waals surface area contributed by atoms with Crippen molar-refractivity contribution in [2.75, 3.05) is 12.3 Å². The van der Waals surface area contributed by atoms with Crippen LogP contribution < -0.4 is 15.8 Å². The van der Waals surface area contributed by atoms with E-state index in [-0.39, 0.29) is 9.92 Å². The van der Waals surface area contributed by atoms with Gasteiger partial charge in [0, 0.05) is 12.2 Å². The second-order valence-electron chi connectivity index (χ2n) is 3.55. The Balaban J connectivity index is 2.90. The molecule has 0 fully saturated rings. The maximum absolute atomic E-state index is 11.8. The normalized spacial score (nSPS) is 11.0. The molecule has 2 amide bonds. The number of amides is 2. The number of nitrogens with one attached hydrogen (secondary N) is 2. The molecule has 0 radical (unpaired) electrons. The molecule has 0 aromatic heterocycles. The molecule has 18 heavy (non-hydrogen) atoms. The van der Waals surface area contributed by atoms with Crippen LogP contribution >= 0.6 is 11.6 Å². The van der Waals surface area contributed by atoms with Crippen LogP contribution in [-0.2, 0) is 10.0 Å².